The molecule has 6 heteroatoms. The molecule has 0 spiro atoms. The zero-order valence-electron chi connectivity index (χ0n) is 18.0. The highest BCUT2D eigenvalue weighted by Crippen LogP contribution is 2.42. The Bertz CT molecular complexity index is 926. The number of methoxy groups -OCH3 is 1. The van der Waals surface area contributed by atoms with Gasteiger partial charge in [-0.2, -0.15) is 0 Å². The second-order valence-electron chi connectivity index (χ2n) is 8.69. The summed E-state index contributed by atoms with van der Waals surface area (Å²) >= 11 is 0. The van der Waals surface area contributed by atoms with Crippen molar-refractivity contribution in [1.29, 1.82) is 0 Å². The Morgan fingerprint density at radius 2 is 1.87 bits per heavy atom. The van der Waals surface area contributed by atoms with Gasteiger partial charge in [-0.25, -0.2) is 0 Å². The first kappa shape index (κ1) is 20.2. The number of rotatable bonds is 7. The third-order valence-electron chi connectivity index (χ3n) is 6.55. The van der Waals surface area contributed by atoms with Crippen LogP contribution in [0, 0.1) is 5.92 Å². The Morgan fingerprint density at radius 3 is 2.61 bits per heavy atom. The highest BCUT2D eigenvalue weighted by atomic mass is 16.6. The van der Waals surface area contributed by atoms with E-state index in [2.05, 4.69) is 34.5 Å². The normalized spacial score (nSPS) is 21.5. The summed E-state index contributed by atoms with van der Waals surface area (Å²) < 4.78 is 16.7. The summed E-state index contributed by atoms with van der Waals surface area (Å²) in [5, 5.41) is 3.32. The van der Waals surface area contributed by atoms with E-state index in [9.17, 15) is 4.79 Å². The van der Waals surface area contributed by atoms with Crippen LogP contribution in [-0.4, -0.2) is 44.2 Å². The molecule has 2 aromatic carbocycles. The van der Waals surface area contributed by atoms with Crippen molar-refractivity contribution in [3.8, 4) is 17.2 Å². The number of hydrogen-bond acceptors (Lipinski definition) is 5. The lowest BCUT2D eigenvalue weighted by atomic mass is 10.0. The first-order chi connectivity index (χ1) is 15.2. The molecule has 0 bridgehead atoms. The molecule has 2 fully saturated rings. The third-order valence-corrected chi connectivity index (χ3v) is 6.55. The molecule has 164 valence electrons. The number of ether oxygens (including phenoxy) is 3. The summed E-state index contributed by atoms with van der Waals surface area (Å²) in [6.45, 7) is 2.53. The summed E-state index contributed by atoms with van der Waals surface area (Å²) in [7, 11) is 1.67. The van der Waals surface area contributed by atoms with E-state index in [1.165, 1.54) is 18.4 Å². The van der Waals surface area contributed by atoms with Gasteiger partial charge in [0.25, 0.3) is 0 Å². The lowest BCUT2D eigenvalue weighted by molar-refractivity contribution is -0.123. The largest absolute Gasteiger partial charge is 0.497 e. The zero-order chi connectivity index (χ0) is 21.2. The molecule has 0 radical (unpaired) electrons. The minimum absolute atomic E-state index is 0.0775. The van der Waals surface area contributed by atoms with Gasteiger partial charge < -0.3 is 19.5 Å². The van der Waals surface area contributed by atoms with Gasteiger partial charge in [0.2, 0.25) is 5.91 Å². The number of fused-ring (bicyclic) bond motifs is 1. The number of carbonyl (C=O) groups is 1. The van der Waals surface area contributed by atoms with E-state index in [-0.39, 0.29) is 18.0 Å². The topological polar surface area (TPSA) is 60.0 Å². The molecule has 31 heavy (non-hydrogen) atoms. The van der Waals surface area contributed by atoms with Crippen LogP contribution >= 0.6 is 0 Å². The molecule has 2 aliphatic heterocycles. The van der Waals surface area contributed by atoms with Crippen LogP contribution in [0.15, 0.2) is 42.5 Å². The maximum Gasteiger partial charge on any atom is 0.234 e. The predicted molar refractivity (Wildman–Crippen MR) is 118 cm³/mol. The number of nitrogens with one attached hydrogen (secondary N) is 1. The molecule has 2 unspecified atom stereocenters. The van der Waals surface area contributed by atoms with E-state index in [1.54, 1.807) is 7.11 Å². The van der Waals surface area contributed by atoms with Crippen LogP contribution in [0.5, 0.6) is 17.2 Å². The molecular formula is C25H30N2O4. The van der Waals surface area contributed by atoms with Crippen LogP contribution in [0.3, 0.4) is 0 Å². The first-order valence-electron chi connectivity index (χ1n) is 11.3. The Balaban J connectivity index is 1.25. The minimum Gasteiger partial charge on any atom is -0.497 e. The summed E-state index contributed by atoms with van der Waals surface area (Å²) in [6.07, 6.45) is 4.48. The van der Waals surface area contributed by atoms with Gasteiger partial charge in [0.05, 0.1) is 19.7 Å². The predicted octanol–water partition coefficient (Wildman–Crippen LogP) is 3.87. The van der Waals surface area contributed by atoms with Crippen molar-refractivity contribution in [2.75, 3.05) is 33.4 Å². The molecule has 6 nitrogen and oxygen atoms in total. The molecule has 1 aliphatic carbocycles. The van der Waals surface area contributed by atoms with Crippen LogP contribution in [-0.2, 0) is 4.79 Å². The quantitative estimate of drug-likeness (QED) is 0.734. The lowest BCUT2D eigenvalue weighted by Crippen LogP contribution is -2.39. The van der Waals surface area contributed by atoms with Crippen molar-refractivity contribution in [1.82, 2.24) is 10.2 Å². The summed E-state index contributed by atoms with van der Waals surface area (Å²) in [5.74, 6) is 3.09. The lowest BCUT2D eigenvalue weighted by Gasteiger charge is -2.27. The van der Waals surface area contributed by atoms with Crippen molar-refractivity contribution in [2.24, 2.45) is 5.92 Å². The van der Waals surface area contributed by atoms with Gasteiger partial charge in [0, 0.05) is 6.04 Å². The van der Waals surface area contributed by atoms with Crippen molar-refractivity contribution >= 4 is 5.91 Å². The van der Waals surface area contributed by atoms with Crippen molar-refractivity contribution in [3.05, 3.63) is 53.6 Å². The van der Waals surface area contributed by atoms with Gasteiger partial charge in [-0.15, -0.1) is 0 Å². The van der Waals surface area contributed by atoms with Gasteiger partial charge in [-0.1, -0.05) is 18.2 Å². The molecule has 1 N–H and O–H groups in total. The van der Waals surface area contributed by atoms with Crippen LogP contribution in [0.25, 0.3) is 0 Å². The van der Waals surface area contributed by atoms with Crippen molar-refractivity contribution in [3.63, 3.8) is 0 Å². The molecular weight excluding hydrogens is 392 g/mol. The van der Waals surface area contributed by atoms with Gasteiger partial charge >= 0.3 is 0 Å². The summed E-state index contributed by atoms with van der Waals surface area (Å²) in [6, 6.07) is 14.6. The second-order valence-corrected chi connectivity index (χ2v) is 8.69. The van der Waals surface area contributed by atoms with Crippen LogP contribution in [0.2, 0.25) is 0 Å². The maximum absolute atomic E-state index is 13.0. The summed E-state index contributed by atoms with van der Waals surface area (Å²) in [4.78, 5) is 15.3. The van der Waals surface area contributed by atoms with E-state index < -0.39 is 0 Å². The van der Waals surface area contributed by atoms with Crippen LogP contribution in [0.4, 0.5) is 0 Å². The van der Waals surface area contributed by atoms with E-state index >= 15 is 0 Å². The standard InChI is InChI=1S/C25H30N2O4/c1-29-20-9-6-18(7-10-20)25(17-4-5-17)26-24(28)16-27-12-2-3-21(27)19-8-11-22-23(15-19)31-14-13-30-22/h6-11,15,17,21,25H,2-5,12-14,16H2,1H3,(H,26,28). The van der Waals surface area contributed by atoms with Gasteiger partial charge in [-0.3, -0.25) is 9.69 Å². The van der Waals surface area contributed by atoms with Gasteiger partial charge in [-0.05, 0) is 73.5 Å². The number of hydrogen-bond donors (Lipinski definition) is 1. The van der Waals surface area contributed by atoms with Gasteiger partial charge in [0.15, 0.2) is 11.5 Å². The third kappa shape index (κ3) is 4.49. The number of benzene rings is 2. The average Bonchev–Trinajstić information content (AvgIpc) is 3.55. The molecule has 2 aromatic rings. The smallest absolute Gasteiger partial charge is 0.234 e. The van der Waals surface area contributed by atoms with E-state index in [0.717, 1.165) is 42.2 Å². The Morgan fingerprint density at radius 1 is 1.10 bits per heavy atom. The number of nitrogens with zero attached hydrogens (tertiary/aromatic N) is 1. The minimum atomic E-state index is 0.0775. The highest BCUT2D eigenvalue weighted by molar-refractivity contribution is 5.78. The SMILES string of the molecule is COc1ccc(C(NC(=O)CN2CCCC2c2ccc3c(c2)OCCO3)C2CC2)cc1. The molecule has 2 heterocycles. The van der Waals surface area contributed by atoms with Crippen molar-refractivity contribution in [2.45, 2.75) is 37.8 Å². The number of carbonyl (C=O) groups excluding carboxylic acids is 1. The number of amides is 1. The average molecular weight is 423 g/mol. The van der Waals surface area contributed by atoms with E-state index in [4.69, 9.17) is 14.2 Å². The summed E-state index contributed by atoms with van der Waals surface area (Å²) in [5.41, 5.74) is 2.35. The fourth-order valence-corrected chi connectivity index (χ4v) is 4.78. The van der Waals surface area contributed by atoms with E-state index in [1.807, 2.05) is 18.2 Å². The molecule has 3 aliphatic rings. The molecule has 0 aromatic heterocycles. The Kier molecular flexibility index (Phi) is 5.72. The fourth-order valence-electron chi connectivity index (χ4n) is 4.78. The molecule has 1 saturated heterocycles. The number of likely N-dealkylation sites (tertiary alicyclic amines) is 1. The monoisotopic (exact) mass is 422 g/mol. The van der Waals surface area contributed by atoms with Crippen LogP contribution < -0.4 is 19.5 Å². The zero-order valence-corrected chi connectivity index (χ0v) is 18.0. The van der Waals surface area contributed by atoms with E-state index in [0.29, 0.717) is 25.7 Å². The van der Waals surface area contributed by atoms with Crippen molar-refractivity contribution < 1.29 is 19.0 Å². The molecule has 5 rings (SSSR count). The maximum atomic E-state index is 13.0. The Labute approximate surface area is 183 Å². The Hall–Kier alpha value is -2.73. The highest BCUT2D eigenvalue weighted by Gasteiger charge is 2.35. The molecule has 1 amide bonds. The molecule has 2 atom stereocenters. The fraction of sp³-hybridized carbons (Fsp3) is 0.480. The first-order valence-corrected chi connectivity index (χ1v) is 11.3. The van der Waals surface area contributed by atoms with Gasteiger partial charge in [0.1, 0.15) is 19.0 Å². The van der Waals surface area contributed by atoms with Crippen LogP contribution in [0.1, 0.15) is 48.9 Å². The molecule has 1 saturated carbocycles. The second kappa shape index (κ2) is 8.79.